The van der Waals surface area contributed by atoms with Gasteiger partial charge in [0.05, 0.1) is 13.0 Å². The minimum absolute atomic E-state index is 0.0482. The molecule has 0 spiro atoms. The number of hydrogen-bond acceptors (Lipinski definition) is 4. The van der Waals surface area contributed by atoms with Crippen molar-refractivity contribution in [2.75, 3.05) is 17.2 Å². The molecule has 0 saturated heterocycles. The molecule has 0 aromatic heterocycles. The largest absolute Gasteiger partial charge is 0.466 e. The molecule has 1 rings (SSSR count). The molecule has 0 heterocycles. The van der Waals surface area contributed by atoms with E-state index in [9.17, 15) is 14.4 Å². The molecule has 1 aromatic rings. The quantitative estimate of drug-likeness (QED) is 0.723. The number of anilines is 2. The second kappa shape index (κ2) is 9.55. The zero-order valence-corrected chi connectivity index (χ0v) is 13.0. The Kier molecular flexibility index (Phi) is 7.67. The SMILES string of the molecule is CCCC(=O)Nc1cccc(NC(=O)CCC(=O)OCC)c1. The third-order valence-corrected chi connectivity index (χ3v) is 2.77. The van der Waals surface area contributed by atoms with Gasteiger partial charge in [0.1, 0.15) is 0 Å². The first kappa shape index (κ1) is 17.7. The number of esters is 1. The molecule has 0 unspecified atom stereocenters. The third-order valence-electron chi connectivity index (χ3n) is 2.77. The first-order valence-electron chi connectivity index (χ1n) is 7.40. The van der Waals surface area contributed by atoms with Gasteiger partial charge in [-0.05, 0) is 31.5 Å². The van der Waals surface area contributed by atoms with E-state index in [0.29, 0.717) is 24.4 Å². The van der Waals surface area contributed by atoms with Crippen molar-refractivity contribution >= 4 is 29.2 Å². The lowest BCUT2D eigenvalue weighted by atomic mass is 10.2. The molecular weight excluding hydrogens is 284 g/mol. The minimum Gasteiger partial charge on any atom is -0.466 e. The van der Waals surface area contributed by atoms with Crippen LogP contribution < -0.4 is 10.6 Å². The van der Waals surface area contributed by atoms with Crippen LogP contribution in [0.25, 0.3) is 0 Å². The molecule has 0 aliphatic carbocycles. The molecular formula is C16H22N2O4. The van der Waals surface area contributed by atoms with Crippen molar-refractivity contribution in [2.45, 2.75) is 39.5 Å². The van der Waals surface area contributed by atoms with Gasteiger partial charge in [-0.15, -0.1) is 0 Å². The van der Waals surface area contributed by atoms with Gasteiger partial charge in [0, 0.05) is 24.2 Å². The van der Waals surface area contributed by atoms with Crippen molar-refractivity contribution in [1.29, 1.82) is 0 Å². The van der Waals surface area contributed by atoms with Crippen LogP contribution in [0.3, 0.4) is 0 Å². The Morgan fingerprint density at radius 3 is 2.09 bits per heavy atom. The van der Waals surface area contributed by atoms with E-state index in [0.717, 1.165) is 6.42 Å². The number of hydrogen-bond donors (Lipinski definition) is 2. The lowest BCUT2D eigenvalue weighted by Gasteiger charge is -2.08. The van der Waals surface area contributed by atoms with Gasteiger partial charge in [-0.3, -0.25) is 14.4 Å². The summed E-state index contributed by atoms with van der Waals surface area (Å²) >= 11 is 0. The van der Waals surface area contributed by atoms with Gasteiger partial charge in [-0.25, -0.2) is 0 Å². The Hall–Kier alpha value is -2.37. The van der Waals surface area contributed by atoms with Gasteiger partial charge in [0.25, 0.3) is 0 Å². The highest BCUT2D eigenvalue weighted by atomic mass is 16.5. The summed E-state index contributed by atoms with van der Waals surface area (Å²) in [6.45, 7) is 3.95. The highest BCUT2D eigenvalue weighted by Crippen LogP contribution is 2.16. The maximum absolute atomic E-state index is 11.8. The molecule has 0 aliphatic heterocycles. The van der Waals surface area contributed by atoms with Gasteiger partial charge >= 0.3 is 5.97 Å². The fourth-order valence-electron chi connectivity index (χ4n) is 1.80. The number of carbonyl (C=O) groups is 3. The molecule has 120 valence electrons. The topological polar surface area (TPSA) is 84.5 Å². The number of carbonyl (C=O) groups excluding carboxylic acids is 3. The molecule has 0 saturated carbocycles. The van der Waals surface area contributed by atoms with Crippen LogP contribution in [0.5, 0.6) is 0 Å². The summed E-state index contributed by atoms with van der Waals surface area (Å²) in [4.78, 5) is 34.5. The van der Waals surface area contributed by atoms with Crippen molar-refractivity contribution in [2.24, 2.45) is 0 Å². The lowest BCUT2D eigenvalue weighted by molar-refractivity contribution is -0.144. The molecule has 0 fully saturated rings. The molecule has 0 atom stereocenters. The van der Waals surface area contributed by atoms with Gasteiger partial charge in [-0.2, -0.15) is 0 Å². The fraction of sp³-hybridized carbons (Fsp3) is 0.438. The van der Waals surface area contributed by atoms with E-state index in [1.165, 1.54) is 0 Å². The summed E-state index contributed by atoms with van der Waals surface area (Å²) in [5.74, 6) is -0.725. The van der Waals surface area contributed by atoms with Crippen LogP contribution in [0.4, 0.5) is 11.4 Å². The maximum Gasteiger partial charge on any atom is 0.306 e. The Morgan fingerprint density at radius 1 is 0.955 bits per heavy atom. The molecule has 6 heteroatoms. The van der Waals surface area contributed by atoms with Crippen LogP contribution >= 0.6 is 0 Å². The monoisotopic (exact) mass is 306 g/mol. The average molecular weight is 306 g/mol. The first-order valence-corrected chi connectivity index (χ1v) is 7.40. The predicted molar refractivity (Wildman–Crippen MR) is 84.5 cm³/mol. The second-order valence-electron chi connectivity index (χ2n) is 4.73. The van der Waals surface area contributed by atoms with E-state index in [2.05, 4.69) is 10.6 Å². The highest BCUT2D eigenvalue weighted by Gasteiger charge is 2.08. The summed E-state index contributed by atoms with van der Waals surface area (Å²) in [6, 6.07) is 6.89. The van der Waals surface area contributed by atoms with Gasteiger partial charge in [-0.1, -0.05) is 13.0 Å². The number of rotatable bonds is 8. The van der Waals surface area contributed by atoms with Crippen molar-refractivity contribution in [3.05, 3.63) is 24.3 Å². The third kappa shape index (κ3) is 6.88. The van der Waals surface area contributed by atoms with Crippen LogP contribution in [0.2, 0.25) is 0 Å². The standard InChI is InChI=1S/C16H22N2O4/c1-3-6-14(19)17-12-7-5-8-13(11-12)18-15(20)9-10-16(21)22-4-2/h5,7-8,11H,3-4,6,9-10H2,1-2H3,(H,17,19)(H,18,20). The van der Waals surface area contributed by atoms with E-state index in [1.807, 2.05) is 6.92 Å². The molecule has 22 heavy (non-hydrogen) atoms. The van der Waals surface area contributed by atoms with Crippen LogP contribution in [0.15, 0.2) is 24.3 Å². The molecule has 2 N–H and O–H groups in total. The van der Waals surface area contributed by atoms with Crippen molar-refractivity contribution in [3.8, 4) is 0 Å². The van der Waals surface area contributed by atoms with E-state index in [4.69, 9.17) is 4.74 Å². The summed E-state index contributed by atoms with van der Waals surface area (Å²) < 4.78 is 4.76. The first-order chi connectivity index (χ1) is 10.5. The van der Waals surface area contributed by atoms with Crippen LogP contribution in [-0.4, -0.2) is 24.4 Å². The number of ether oxygens (including phenoxy) is 1. The minimum atomic E-state index is -0.391. The van der Waals surface area contributed by atoms with Gasteiger partial charge in [0.15, 0.2) is 0 Å². The summed E-state index contributed by atoms with van der Waals surface area (Å²) in [6.07, 6.45) is 1.34. The number of nitrogens with one attached hydrogen (secondary N) is 2. The lowest BCUT2D eigenvalue weighted by Crippen LogP contribution is -2.15. The highest BCUT2D eigenvalue weighted by molar-refractivity contribution is 5.94. The van der Waals surface area contributed by atoms with Crippen molar-refractivity contribution < 1.29 is 19.1 Å². The number of benzene rings is 1. The van der Waals surface area contributed by atoms with Gasteiger partial charge < -0.3 is 15.4 Å². The summed E-state index contributed by atoms with van der Waals surface area (Å²) in [5.41, 5.74) is 1.20. The molecule has 0 radical (unpaired) electrons. The molecule has 0 aliphatic rings. The zero-order chi connectivity index (χ0) is 16.4. The van der Waals surface area contributed by atoms with Crippen LogP contribution in [0.1, 0.15) is 39.5 Å². The Labute approximate surface area is 130 Å². The fourth-order valence-corrected chi connectivity index (χ4v) is 1.80. The Balaban J connectivity index is 2.50. The molecule has 2 amide bonds. The van der Waals surface area contributed by atoms with Crippen molar-refractivity contribution in [3.63, 3.8) is 0 Å². The van der Waals surface area contributed by atoms with Crippen LogP contribution in [0, 0.1) is 0 Å². The van der Waals surface area contributed by atoms with E-state index >= 15 is 0 Å². The van der Waals surface area contributed by atoms with E-state index in [1.54, 1.807) is 31.2 Å². The molecule has 6 nitrogen and oxygen atoms in total. The van der Waals surface area contributed by atoms with Crippen LogP contribution in [-0.2, 0) is 19.1 Å². The smallest absolute Gasteiger partial charge is 0.306 e. The summed E-state index contributed by atoms with van der Waals surface area (Å²) in [5, 5.41) is 5.45. The van der Waals surface area contributed by atoms with Crippen molar-refractivity contribution in [1.82, 2.24) is 0 Å². The van der Waals surface area contributed by atoms with Gasteiger partial charge in [0.2, 0.25) is 11.8 Å². The predicted octanol–water partition coefficient (Wildman–Crippen LogP) is 2.71. The van der Waals surface area contributed by atoms with E-state index < -0.39 is 5.97 Å². The Morgan fingerprint density at radius 2 is 1.55 bits per heavy atom. The molecule has 0 bridgehead atoms. The normalized spacial score (nSPS) is 9.91. The zero-order valence-electron chi connectivity index (χ0n) is 13.0. The number of amides is 2. The second-order valence-corrected chi connectivity index (χ2v) is 4.73. The van der Waals surface area contributed by atoms with E-state index in [-0.39, 0.29) is 24.7 Å². The average Bonchev–Trinajstić information content (AvgIpc) is 2.46. The Bertz CT molecular complexity index is 529. The maximum atomic E-state index is 11.8. The molecule has 1 aromatic carbocycles. The summed E-state index contributed by atoms with van der Waals surface area (Å²) in [7, 11) is 0.